The summed E-state index contributed by atoms with van der Waals surface area (Å²) in [6, 6.07) is 3.01. The molecule has 1 aliphatic rings. The molecule has 0 aromatic heterocycles. The molecular formula is C13H18ClFN2O. The Bertz CT molecular complexity index is 465. The van der Waals surface area contributed by atoms with Crippen LogP contribution in [0.25, 0.3) is 0 Å². The van der Waals surface area contributed by atoms with E-state index in [0.29, 0.717) is 11.4 Å². The van der Waals surface area contributed by atoms with Gasteiger partial charge >= 0.3 is 0 Å². The van der Waals surface area contributed by atoms with Crippen molar-refractivity contribution < 1.29 is 9.13 Å². The molecule has 2 atom stereocenters. The summed E-state index contributed by atoms with van der Waals surface area (Å²) >= 11 is 5.76. The van der Waals surface area contributed by atoms with Gasteiger partial charge in [0.05, 0.1) is 22.5 Å². The maximum Gasteiger partial charge on any atom is 0.143 e. The summed E-state index contributed by atoms with van der Waals surface area (Å²) in [6.45, 7) is 4.26. The van der Waals surface area contributed by atoms with Crippen molar-refractivity contribution in [3.05, 3.63) is 23.0 Å². The summed E-state index contributed by atoms with van der Waals surface area (Å²) in [5.74, 6) is -0.498. The summed E-state index contributed by atoms with van der Waals surface area (Å²) in [5, 5.41) is 3.39. The molecule has 0 radical (unpaired) electrons. The standard InChI is InChI=1S/C13H18ClFN2O/c1-13(2)11(6-12(13)18-3)17-10-4-7(14)8(15)5-9(10)16/h4-5,11-12,17H,6,16H2,1-3H3. The fraction of sp³-hybridized carbons (Fsp3) is 0.538. The number of nitrogens with one attached hydrogen (secondary N) is 1. The molecule has 0 aliphatic heterocycles. The van der Waals surface area contributed by atoms with Gasteiger partial charge in [0.25, 0.3) is 0 Å². The molecule has 0 saturated heterocycles. The summed E-state index contributed by atoms with van der Waals surface area (Å²) in [6.07, 6.45) is 1.13. The first-order valence-corrected chi connectivity index (χ1v) is 6.28. The monoisotopic (exact) mass is 272 g/mol. The molecule has 1 aromatic carbocycles. The first kappa shape index (κ1) is 13.4. The first-order chi connectivity index (χ1) is 8.36. The third kappa shape index (κ3) is 2.15. The van der Waals surface area contributed by atoms with Gasteiger partial charge in [-0.2, -0.15) is 0 Å². The highest BCUT2D eigenvalue weighted by Gasteiger charge is 2.48. The maximum absolute atomic E-state index is 13.2. The fourth-order valence-electron chi connectivity index (χ4n) is 2.41. The SMILES string of the molecule is COC1CC(Nc2cc(Cl)c(F)cc2N)C1(C)C. The van der Waals surface area contributed by atoms with E-state index in [2.05, 4.69) is 19.2 Å². The van der Waals surface area contributed by atoms with E-state index in [-0.39, 0.29) is 22.6 Å². The lowest BCUT2D eigenvalue weighted by atomic mass is 9.64. The zero-order valence-corrected chi connectivity index (χ0v) is 11.5. The van der Waals surface area contributed by atoms with Crippen LogP contribution in [0, 0.1) is 11.2 Å². The van der Waals surface area contributed by atoms with Gasteiger partial charge < -0.3 is 15.8 Å². The van der Waals surface area contributed by atoms with Gasteiger partial charge in [-0.05, 0) is 12.5 Å². The van der Waals surface area contributed by atoms with Gasteiger partial charge in [-0.3, -0.25) is 0 Å². The molecule has 18 heavy (non-hydrogen) atoms. The third-order valence-corrected chi connectivity index (χ3v) is 4.17. The Morgan fingerprint density at radius 3 is 2.72 bits per heavy atom. The van der Waals surface area contributed by atoms with Gasteiger partial charge in [0.15, 0.2) is 0 Å². The fourth-order valence-corrected chi connectivity index (χ4v) is 2.57. The number of nitrogen functional groups attached to an aromatic ring is 1. The summed E-state index contributed by atoms with van der Waals surface area (Å²) < 4.78 is 18.6. The van der Waals surface area contributed by atoms with Crippen LogP contribution in [0.4, 0.5) is 15.8 Å². The molecule has 1 saturated carbocycles. The Labute approximate surface area is 111 Å². The highest BCUT2D eigenvalue weighted by molar-refractivity contribution is 6.31. The van der Waals surface area contributed by atoms with Crippen LogP contribution < -0.4 is 11.1 Å². The molecule has 5 heteroatoms. The molecule has 3 N–H and O–H groups in total. The van der Waals surface area contributed by atoms with Crippen LogP contribution in [-0.4, -0.2) is 19.3 Å². The topological polar surface area (TPSA) is 47.3 Å². The van der Waals surface area contributed by atoms with Gasteiger partial charge in [0.1, 0.15) is 5.82 Å². The minimum Gasteiger partial charge on any atom is -0.397 e. The second kappa shape index (κ2) is 4.59. The number of hydrogen-bond acceptors (Lipinski definition) is 3. The predicted molar refractivity (Wildman–Crippen MR) is 72.4 cm³/mol. The van der Waals surface area contributed by atoms with E-state index in [4.69, 9.17) is 22.1 Å². The molecule has 0 heterocycles. The molecule has 1 aliphatic carbocycles. The molecule has 2 unspecified atom stereocenters. The number of ether oxygens (including phenoxy) is 1. The lowest BCUT2D eigenvalue weighted by Crippen LogP contribution is -2.57. The van der Waals surface area contributed by atoms with Crippen molar-refractivity contribution in [2.24, 2.45) is 5.41 Å². The van der Waals surface area contributed by atoms with E-state index in [1.165, 1.54) is 12.1 Å². The van der Waals surface area contributed by atoms with Crippen LogP contribution in [0.15, 0.2) is 12.1 Å². The highest BCUT2D eigenvalue weighted by Crippen LogP contribution is 2.44. The highest BCUT2D eigenvalue weighted by atomic mass is 35.5. The quantitative estimate of drug-likeness (QED) is 0.830. The number of anilines is 2. The number of methoxy groups -OCH3 is 1. The Balaban J connectivity index is 2.14. The molecule has 0 bridgehead atoms. The van der Waals surface area contributed by atoms with Crippen LogP contribution in [-0.2, 0) is 4.74 Å². The third-order valence-electron chi connectivity index (χ3n) is 3.88. The largest absolute Gasteiger partial charge is 0.397 e. The predicted octanol–water partition coefficient (Wildman–Crippen LogP) is 3.29. The minimum atomic E-state index is -0.498. The number of hydrogen-bond donors (Lipinski definition) is 2. The Hall–Kier alpha value is -1.00. The van der Waals surface area contributed by atoms with Crippen molar-refractivity contribution in [2.75, 3.05) is 18.2 Å². The van der Waals surface area contributed by atoms with Gasteiger partial charge in [-0.25, -0.2) is 4.39 Å². The van der Waals surface area contributed by atoms with Crippen LogP contribution in [0.5, 0.6) is 0 Å². The van der Waals surface area contributed by atoms with Crippen molar-refractivity contribution in [1.82, 2.24) is 0 Å². The van der Waals surface area contributed by atoms with Crippen LogP contribution in [0.2, 0.25) is 5.02 Å². The second-order valence-electron chi connectivity index (χ2n) is 5.33. The number of rotatable bonds is 3. The van der Waals surface area contributed by atoms with Crippen molar-refractivity contribution in [3.63, 3.8) is 0 Å². The zero-order valence-electron chi connectivity index (χ0n) is 10.8. The molecule has 0 amide bonds. The van der Waals surface area contributed by atoms with Gasteiger partial charge in [-0.15, -0.1) is 0 Å². The zero-order chi connectivity index (χ0) is 13.5. The van der Waals surface area contributed by atoms with E-state index in [0.717, 1.165) is 6.42 Å². The van der Waals surface area contributed by atoms with Crippen molar-refractivity contribution in [2.45, 2.75) is 32.4 Å². The van der Waals surface area contributed by atoms with E-state index in [9.17, 15) is 4.39 Å². The molecule has 3 nitrogen and oxygen atoms in total. The summed E-state index contributed by atoms with van der Waals surface area (Å²) in [7, 11) is 1.71. The van der Waals surface area contributed by atoms with E-state index in [1.807, 2.05) is 0 Å². The average Bonchev–Trinajstić information content (AvgIpc) is 2.30. The Morgan fingerprint density at radius 2 is 2.17 bits per heavy atom. The minimum absolute atomic E-state index is 0.0159. The van der Waals surface area contributed by atoms with Crippen molar-refractivity contribution in [3.8, 4) is 0 Å². The molecule has 100 valence electrons. The number of benzene rings is 1. The van der Waals surface area contributed by atoms with Gasteiger partial charge in [0, 0.05) is 24.6 Å². The Morgan fingerprint density at radius 1 is 1.50 bits per heavy atom. The van der Waals surface area contributed by atoms with Crippen molar-refractivity contribution in [1.29, 1.82) is 0 Å². The summed E-state index contributed by atoms with van der Waals surface area (Å²) in [5.41, 5.74) is 6.84. The lowest BCUT2D eigenvalue weighted by molar-refractivity contribution is -0.0794. The average molecular weight is 273 g/mol. The van der Waals surface area contributed by atoms with Crippen LogP contribution in [0.1, 0.15) is 20.3 Å². The van der Waals surface area contributed by atoms with Gasteiger partial charge in [0.2, 0.25) is 0 Å². The first-order valence-electron chi connectivity index (χ1n) is 5.90. The normalized spacial score (nSPS) is 25.6. The van der Waals surface area contributed by atoms with Crippen molar-refractivity contribution >= 4 is 23.0 Å². The van der Waals surface area contributed by atoms with Crippen LogP contribution in [0.3, 0.4) is 0 Å². The maximum atomic E-state index is 13.2. The molecule has 1 fully saturated rings. The molecule has 2 rings (SSSR count). The van der Waals surface area contributed by atoms with E-state index >= 15 is 0 Å². The number of halogens is 2. The lowest BCUT2D eigenvalue weighted by Gasteiger charge is -2.51. The smallest absolute Gasteiger partial charge is 0.143 e. The van der Waals surface area contributed by atoms with E-state index < -0.39 is 5.82 Å². The Kier molecular flexibility index (Phi) is 3.43. The summed E-state index contributed by atoms with van der Waals surface area (Å²) in [4.78, 5) is 0. The van der Waals surface area contributed by atoms with Crippen LogP contribution >= 0.6 is 11.6 Å². The molecular weight excluding hydrogens is 255 g/mol. The number of nitrogens with two attached hydrogens (primary N) is 1. The van der Waals surface area contributed by atoms with E-state index in [1.54, 1.807) is 7.11 Å². The second-order valence-corrected chi connectivity index (χ2v) is 5.74. The van der Waals surface area contributed by atoms with Gasteiger partial charge in [-0.1, -0.05) is 25.4 Å². The molecule has 0 spiro atoms. The molecule has 1 aromatic rings.